The zero-order chi connectivity index (χ0) is 22.0. The van der Waals surface area contributed by atoms with E-state index in [1.165, 1.54) is 0 Å². The Morgan fingerprint density at radius 1 is 1.19 bits per heavy atom. The van der Waals surface area contributed by atoms with Gasteiger partial charge in [-0.1, -0.05) is 23.7 Å². The molecule has 0 spiro atoms. The summed E-state index contributed by atoms with van der Waals surface area (Å²) in [5, 5.41) is 4.49. The fourth-order valence-corrected chi connectivity index (χ4v) is 4.06. The minimum atomic E-state index is -0.279. The van der Waals surface area contributed by atoms with Crippen molar-refractivity contribution in [3.63, 3.8) is 0 Å². The van der Waals surface area contributed by atoms with E-state index in [2.05, 4.69) is 10.3 Å². The van der Waals surface area contributed by atoms with Crippen LogP contribution in [0.25, 0.3) is 10.9 Å². The number of anilines is 1. The summed E-state index contributed by atoms with van der Waals surface area (Å²) in [4.78, 5) is 30.6. The molecule has 2 aromatic carbocycles. The van der Waals surface area contributed by atoms with Crippen molar-refractivity contribution in [2.45, 2.75) is 39.3 Å². The molecule has 1 saturated heterocycles. The van der Waals surface area contributed by atoms with Crippen molar-refractivity contribution in [2.24, 2.45) is 0 Å². The van der Waals surface area contributed by atoms with Gasteiger partial charge in [0.05, 0.1) is 18.2 Å². The number of halogens is 1. The average molecular weight is 440 g/mol. The van der Waals surface area contributed by atoms with Crippen molar-refractivity contribution in [1.29, 1.82) is 0 Å². The monoisotopic (exact) mass is 439 g/mol. The summed E-state index contributed by atoms with van der Waals surface area (Å²) in [5.41, 5.74) is 3.94. The van der Waals surface area contributed by atoms with E-state index < -0.39 is 0 Å². The number of ether oxygens (including phenoxy) is 1. The van der Waals surface area contributed by atoms with Gasteiger partial charge in [-0.25, -0.2) is 4.79 Å². The van der Waals surface area contributed by atoms with E-state index in [0.29, 0.717) is 29.4 Å². The molecule has 0 aliphatic carbocycles. The van der Waals surface area contributed by atoms with Gasteiger partial charge in [0.25, 0.3) is 5.56 Å². The van der Waals surface area contributed by atoms with Crippen LogP contribution in [-0.2, 0) is 11.3 Å². The second kappa shape index (κ2) is 9.12. The Kier molecular flexibility index (Phi) is 6.30. The van der Waals surface area contributed by atoms with Gasteiger partial charge in [-0.2, -0.15) is 0 Å². The van der Waals surface area contributed by atoms with Crippen LogP contribution in [0, 0.1) is 13.8 Å². The highest BCUT2D eigenvalue weighted by molar-refractivity contribution is 6.30. The summed E-state index contributed by atoms with van der Waals surface area (Å²) >= 11 is 5.94. The van der Waals surface area contributed by atoms with Crippen molar-refractivity contribution in [2.75, 3.05) is 18.5 Å². The summed E-state index contributed by atoms with van der Waals surface area (Å²) in [6.45, 7) is 5.30. The fraction of sp³-hybridized carbons (Fsp3) is 0.333. The van der Waals surface area contributed by atoms with Crippen LogP contribution in [0.3, 0.4) is 0 Å². The number of benzene rings is 2. The third-order valence-electron chi connectivity index (χ3n) is 5.71. The van der Waals surface area contributed by atoms with Crippen LogP contribution in [-0.4, -0.2) is 35.2 Å². The van der Waals surface area contributed by atoms with Crippen LogP contribution in [0.5, 0.6) is 0 Å². The highest BCUT2D eigenvalue weighted by atomic mass is 35.5. The van der Waals surface area contributed by atoms with Crippen LogP contribution in [0.2, 0.25) is 5.02 Å². The number of rotatable bonds is 5. The Morgan fingerprint density at radius 2 is 1.94 bits per heavy atom. The first-order valence-corrected chi connectivity index (χ1v) is 10.8. The summed E-state index contributed by atoms with van der Waals surface area (Å²) in [5.74, 6) is 0. The number of nitrogens with zero attached hydrogens (tertiary/aromatic N) is 1. The Labute approximate surface area is 186 Å². The number of aromatic nitrogens is 1. The molecule has 2 heterocycles. The largest absolute Gasteiger partial charge is 0.376 e. The van der Waals surface area contributed by atoms with Crippen molar-refractivity contribution < 1.29 is 9.53 Å². The molecular weight excluding hydrogens is 414 g/mol. The van der Waals surface area contributed by atoms with Gasteiger partial charge in [0, 0.05) is 34.8 Å². The van der Waals surface area contributed by atoms with Gasteiger partial charge in [-0.3, -0.25) is 4.79 Å². The number of amides is 2. The number of nitrogens with one attached hydrogen (secondary N) is 2. The maximum absolute atomic E-state index is 13.1. The predicted octanol–water partition coefficient (Wildman–Crippen LogP) is 5.01. The molecule has 0 saturated carbocycles. The molecule has 3 aromatic rings. The van der Waals surface area contributed by atoms with Crippen LogP contribution in [0.1, 0.15) is 29.5 Å². The molecule has 0 bridgehead atoms. The number of urea groups is 1. The summed E-state index contributed by atoms with van der Waals surface area (Å²) in [6, 6.07) is 12.6. The molecule has 1 fully saturated rings. The normalized spacial score (nSPS) is 15.9. The van der Waals surface area contributed by atoms with E-state index in [1.807, 2.05) is 32.0 Å². The number of hydrogen-bond acceptors (Lipinski definition) is 3. The molecule has 4 rings (SSSR count). The van der Waals surface area contributed by atoms with Crippen LogP contribution >= 0.6 is 11.6 Å². The number of aryl methyl sites for hydroxylation is 2. The minimum absolute atomic E-state index is 0.0283. The van der Waals surface area contributed by atoms with Crippen LogP contribution < -0.4 is 10.9 Å². The van der Waals surface area contributed by atoms with Gasteiger partial charge in [0.15, 0.2) is 0 Å². The van der Waals surface area contributed by atoms with Crippen LogP contribution in [0.15, 0.2) is 47.3 Å². The van der Waals surface area contributed by atoms with Gasteiger partial charge in [-0.05, 0) is 68.1 Å². The summed E-state index contributed by atoms with van der Waals surface area (Å²) < 4.78 is 5.75. The molecule has 7 heteroatoms. The smallest absolute Gasteiger partial charge is 0.322 e. The first-order valence-electron chi connectivity index (χ1n) is 10.5. The van der Waals surface area contributed by atoms with E-state index in [9.17, 15) is 9.59 Å². The van der Waals surface area contributed by atoms with Crippen molar-refractivity contribution >= 4 is 34.2 Å². The van der Waals surface area contributed by atoms with E-state index in [1.54, 1.807) is 29.2 Å². The maximum Gasteiger partial charge on any atom is 0.322 e. The predicted molar refractivity (Wildman–Crippen MR) is 124 cm³/mol. The number of aromatic amines is 1. The Hall–Kier alpha value is -2.83. The molecule has 1 atom stereocenters. The van der Waals surface area contributed by atoms with Gasteiger partial charge in [0.1, 0.15) is 0 Å². The summed E-state index contributed by atoms with van der Waals surface area (Å²) in [7, 11) is 0. The number of pyridine rings is 1. The Balaban J connectivity index is 1.63. The van der Waals surface area contributed by atoms with Gasteiger partial charge >= 0.3 is 6.03 Å². The maximum atomic E-state index is 13.1. The van der Waals surface area contributed by atoms with E-state index in [-0.39, 0.29) is 24.2 Å². The molecule has 2 N–H and O–H groups in total. The number of hydrogen-bond donors (Lipinski definition) is 2. The average Bonchev–Trinajstić information content (AvgIpc) is 3.26. The summed E-state index contributed by atoms with van der Waals surface area (Å²) in [6.07, 6.45) is 1.85. The molecule has 1 aliphatic rings. The topological polar surface area (TPSA) is 74.4 Å². The molecule has 1 aliphatic heterocycles. The van der Waals surface area contributed by atoms with E-state index in [4.69, 9.17) is 16.3 Å². The lowest BCUT2D eigenvalue weighted by molar-refractivity contribution is 0.0818. The molecule has 1 aromatic heterocycles. The molecule has 0 unspecified atom stereocenters. The molecule has 31 heavy (non-hydrogen) atoms. The third kappa shape index (κ3) is 4.92. The molecule has 162 valence electrons. The standard InChI is InChI=1S/C24H26ClN3O3/c1-15-5-6-16(2)22-21(15)12-17(23(29)27-22)13-28(14-20-4-3-11-31-20)24(30)26-19-9-7-18(25)8-10-19/h5-10,12,20H,3-4,11,13-14H2,1-2H3,(H,26,30)(H,27,29)/t20-/m1/s1. The second-order valence-electron chi connectivity index (χ2n) is 8.06. The third-order valence-corrected chi connectivity index (χ3v) is 5.96. The van der Waals surface area contributed by atoms with Crippen molar-refractivity contribution in [3.05, 3.63) is 74.5 Å². The number of fused-ring (bicyclic) bond motifs is 1. The minimum Gasteiger partial charge on any atom is -0.376 e. The Morgan fingerprint density at radius 3 is 2.65 bits per heavy atom. The molecule has 2 amide bonds. The molecular formula is C24H26ClN3O3. The fourth-order valence-electron chi connectivity index (χ4n) is 3.93. The molecule has 6 nitrogen and oxygen atoms in total. The van der Waals surface area contributed by atoms with E-state index >= 15 is 0 Å². The lowest BCUT2D eigenvalue weighted by Crippen LogP contribution is -2.40. The van der Waals surface area contributed by atoms with Gasteiger partial charge in [0.2, 0.25) is 0 Å². The number of H-pyrrole nitrogens is 1. The first-order chi connectivity index (χ1) is 14.9. The number of carbonyl (C=O) groups excluding carboxylic acids is 1. The Bertz CT molecular complexity index is 1150. The lowest BCUT2D eigenvalue weighted by Gasteiger charge is -2.26. The van der Waals surface area contributed by atoms with Gasteiger partial charge in [-0.15, -0.1) is 0 Å². The quantitative estimate of drug-likeness (QED) is 0.586. The SMILES string of the molecule is Cc1ccc(C)c2[nH]c(=O)c(CN(C[C@H]3CCCO3)C(=O)Nc3ccc(Cl)cc3)cc12. The zero-order valence-electron chi connectivity index (χ0n) is 17.7. The number of carbonyl (C=O) groups is 1. The van der Waals surface area contributed by atoms with Crippen molar-refractivity contribution in [1.82, 2.24) is 9.88 Å². The van der Waals surface area contributed by atoms with Crippen LogP contribution in [0.4, 0.5) is 10.5 Å². The molecule has 0 radical (unpaired) electrons. The lowest BCUT2D eigenvalue weighted by atomic mass is 10.0. The zero-order valence-corrected chi connectivity index (χ0v) is 18.5. The van der Waals surface area contributed by atoms with Crippen molar-refractivity contribution in [3.8, 4) is 0 Å². The highest BCUT2D eigenvalue weighted by Gasteiger charge is 2.24. The van der Waals surface area contributed by atoms with Gasteiger partial charge < -0.3 is 19.9 Å². The highest BCUT2D eigenvalue weighted by Crippen LogP contribution is 2.22. The first kappa shape index (κ1) is 21.4. The van der Waals surface area contributed by atoms with E-state index in [0.717, 1.165) is 34.9 Å². The second-order valence-corrected chi connectivity index (χ2v) is 8.50.